The van der Waals surface area contributed by atoms with E-state index in [4.69, 9.17) is 16.3 Å². The van der Waals surface area contributed by atoms with Crippen molar-refractivity contribution < 1.29 is 23.5 Å². The molecule has 2 amide bonds. The fourth-order valence-corrected chi connectivity index (χ4v) is 3.28. The summed E-state index contributed by atoms with van der Waals surface area (Å²) in [6.45, 7) is 1.98. The fraction of sp³-hybridized carbons (Fsp3) is 0.318. The molecule has 0 radical (unpaired) electrons. The van der Waals surface area contributed by atoms with Crippen molar-refractivity contribution in [2.45, 2.75) is 6.42 Å². The number of nitrogens with zero attached hydrogens (tertiary/aromatic N) is 2. The summed E-state index contributed by atoms with van der Waals surface area (Å²) >= 11 is 5.78. The fourth-order valence-electron chi connectivity index (χ4n) is 3.15. The first-order chi connectivity index (χ1) is 14.9. The number of benzene rings is 2. The molecule has 7 nitrogen and oxygen atoms in total. The van der Waals surface area contributed by atoms with Crippen molar-refractivity contribution in [3.8, 4) is 0 Å². The highest BCUT2D eigenvalue weighted by atomic mass is 35.5. The number of carbonyl (C=O) groups excluding carboxylic acids is 3. The number of piperazine rings is 1. The Hall–Kier alpha value is -3.13. The van der Waals surface area contributed by atoms with E-state index in [9.17, 15) is 18.8 Å². The van der Waals surface area contributed by atoms with Crippen molar-refractivity contribution in [1.82, 2.24) is 10.2 Å². The second-order valence-electron chi connectivity index (χ2n) is 7.02. The molecule has 0 saturated carbocycles. The largest absolute Gasteiger partial charge is 0.456 e. The van der Waals surface area contributed by atoms with Crippen molar-refractivity contribution in [2.24, 2.45) is 0 Å². The molecule has 1 heterocycles. The second kappa shape index (κ2) is 10.8. The molecule has 1 aliphatic rings. The Kier molecular flexibility index (Phi) is 7.83. The summed E-state index contributed by atoms with van der Waals surface area (Å²) in [5.74, 6) is -1.43. The lowest BCUT2D eigenvalue weighted by molar-refractivity contribution is -0.152. The van der Waals surface area contributed by atoms with Gasteiger partial charge in [-0.2, -0.15) is 0 Å². The van der Waals surface area contributed by atoms with Crippen molar-refractivity contribution in [1.29, 1.82) is 0 Å². The summed E-state index contributed by atoms with van der Waals surface area (Å²) in [6, 6.07) is 12.6. The Labute approximate surface area is 184 Å². The van der Waals surface area contributed by atoms with E-state index in [1.165, 1.54) is 12.1 Å². The molecule has 31 heavy (non-hydrogen) atoms. The summed E-state index contributed by atoms with van der Waals surface area (Å²) in [5, 5.41) is 3.15. The van der Waals surface area contributed by atoms with E-state index in [1.54, 1.807) is 41.3 Å². The molecule has 3 rings (SSSR count). The van der Waals surface area contributed by atoms with Crippen LogP contribution in [0.25, 0.3) is 0 Å². The number of rotatable bonds is 7. The van der Waals surface area contributed by atoms with Crippen LogP contribution in [0.2, 0.25) is 5.02 Å². The maximum atomic E-state index is 13.0. The van der Waals surface area contributed by atoms with Gasteiger partial charge in [0.25, 0.3) is 11.8 Å². The minimum atomic E-state index is -0.560. The summed E-state index contributed by atoms with van der Waals surface area (Å²) in [7, 11) is 0. The lowest BCUT2D eigenvalue weighted by atomic mass is 10.2. The lowest BCUT2D eigenvalue weighted by Gasteiger charge is -2.36. The van der Waals surface area contributed by atoms with Gasteiger partial charge in [-0.15, -0.1) is 0 Å². The van der Waals surface area contributed by atoms with Crippen LogP contribution < -0.4 is 10.2 Å². The number of esters is 1. The van der Waals surface area contributed by atoms with Crippen LogP contribution in [-0.2, 0) is 14.3 Å². The smallest absolute Gasteiger partial charge is 0.308 e. The van der Waals surface area contributed by atoms with Gasteiger partial charge in [0, 0.05) is 49.0 Å². The van der Waals surface area contributed by atoms with Crippen molar-refractivity contribution in [3.05, 3.63) is 64.9 Å². The third kappa shape index (κ3) is 6.68. The number of hydrogen-bond acceptors (Lipinski definition) is 5. The van der Waals surface area contributed by atoms with Crippen LogP contribution in [0.4, 0.5) is 10.1 Å². The van der Waals surface area contributed by atoms with Crippen LogP contribution in [0.15, 0.2) is 48.5 Å². The number of halogens is 2. The zero-order valence-electron chi connectivity index (χ0n) is 16.9. The van der Waals surface area contributed by atoms with Crippen LogP contribution in [0.5, 0.6) is 0 Å². The molecule has 1 aliphatic heterocycles. The average molecular weight is 448 g/mol. The molecular formula is C22H23ClFN3O4. The van der Waals surface area contributed by atoms with Gasteiger partial charge in [0.2, 0.25) is 0 Å². The number of carbonyl (C=O) groups is 3. The van der Waals surface area contributed by atoms with E-state index in [1.807, 2.05) is 0 Å². The molecule has 1 saturated heterocycles. The molecule has 164 valence electrons. The topological polar surface area (TPSA) is 78.9 Å². The first-order valence-corrected chi connectivity index (χ1v) is 10.3. The van der Waals surface area contributed by atoms with Gasteiger partial charge in [0.1, 0.15) is 5.82 Å². The number of ether oxygens (including phenoxy) is 1. The summed E-state index contributed by atoms with van der Waals surface area (Å²) in [4.78, 5) is 39.8. The molecule has 2 aromatic carbocycles. The molecule has 1 N–H and O–H groups in total. The molecule has 0 bridgehead atoms. The monoisotopic (exact) mass is 447 g/mol. The van der Waals surface area contributed by atoms with Crippen LogP contribution in [0, 0.1) is 5.82 Å². The van der Waals surface area contributed by atoms with Gasteiger partial charge in [-0.05, 0) is 48.5 Å². The zero-order valence-corrected chi connectivity index (χ0v) is 17.6. The van der Waals surface area contributed by atoms with E-state index in [0.717, 1.165) is 5.69 Å². The van der Waals surface area contributed by atoms with Gasteiger partial charge in [0.15, 0.2) is 6.61 Å². The highest BCUT2D eigenvalue weighted by Crippen LogP contribution is 2.17. The predicted molar refractivity (Wildman–Crippen MR) is 115 cm³/mol. The number of hydrogen-bond donors (Lipinski definition) is 1. The number of anilines is 1. The second-order valence-corrected chi connectivity index (χ2v) is 7.45. The summed E-state index contributed by atoms with van der Waals surface area (Å²) in [5.41, 5.74) is 1.34. The van der Waals surface area contributed by atoms with E-state index >= 15 is 0 Å². The van der Waals surface area contributed by atoms with Gasteiger partial charge in [-0.25, -0.2) is 4.39 Å². The summed E-state index contributed by atoms with van der Waals surface area (Å²) in [6.07, 6.45) is -0.0368. The average Bonchev–Trinajstić information content (AvgIpc) is 2.78. The van der Waals surface area contributed by atoms with Crippen molar-refractivity contribution >= 4 is 35.1 Å². The SMILES string of the molecule is O=C(CCNC(=O)c1ccc(Cl)cc1)OCC(=O)N1CCN(c2ccc(F)cc2)CC1. The minimum Gasteiger partial charge on any atom is -0.456 e. The van der Waals surface area contributed by atoms with E-state index in [0.29, 0.717) is 36.8 Å². The molecule has 0 unspecified atom stereocenters. The van der Waals surface area contributed by atoms with E-state index in [2.05, 4.69) is 10.2 Å². The highest BCUT2D eigenvalue weighted by Gasteiger charge is 2.22. The molecule has 0 atom stereocenters. The van der Waals surface area contributed by atoms with Crippen LogP contribution >= 0.6 is 11.6 Å². The van der Waals surface area contributed by atoms with Gasteiger partial charge >= 0.3 is 5.97 Å². The molecule has 0 aromatic heterocycles. The summed E-state index contributed by atoms with van der Waals surface area (Å²) < 4.78 is 18.1. The first-order valence-electron chi connectivity index (χ1n) is 9.90. The van der Waals surface area contributed by atoms with Gasteiger partial charge in [0.05, 0.1) is 6.42 Å². The third-order valence-electron chi connectivity index (χ3n) is 4.90. The third-order valence-corrected chi connectivity index (χ3v) is 5.15. The van der Waals surface area contributed by atoms with Crippen LogP contribution in [0.1, 0.15) is 16.8 Å². The van der Waals surface area contributed by atoms with E-state index in [-0.39, 0.29) is 37.2 Å². The standard InChI is InChI=1S/C22H23ClFN3O4/c23-17-3-1-16(2-4-17)22(30)25-10-9-21(29)31-15-20(28)27-13-11-26(12-14-27)19-7-5-18(24)6-8-19/h1-8H,9-15H2,(H,25,30). The molecule has 0 aliphatic carbocycles. The Morgan fingerprint density at radius 3 is 2.26 bits per heavy atom. The predicted octanol–water partition coefficient (Wildman–Crippen LogP) is 2.49. The molecule has 9 heteroatoms. The Morgan fingerprint density at radius 1 is 0.968 bits per heavy atom. The van der Waals surface area contributed by atoms with Crippen molar-refractivity contribution in [3.63, 3.8) is 0 Å². The van der Waals surface area contributed by atoms with Crippen LogP contribution in [-0.4, -0.2) is 62.0 Å². The minimum absolute atomic E-state index is 0.0368. The van der Waals surface area contributed by atoms with Gasteiger partial charge < -0.3 is 19.9 Å². The quantitative estimate of drug-likeness (QED) is 0.660. The number of amides is 2. The first kappa shape index (κ1) is 22.6. The van der Waals surface area contributed by atoms with Gasteiger partial charge in [-0.1, -0.05) is 11.6 Å². The van der Waals surface area contributed by atoms with E-state index < -0.39 is 5.97 Å². The maximum absolute atomic E-state index is 13.0. The van der Waals surface area contributed by atoms with Crippen LogP contribution in [0.3, 0.4) is 0 Å². The Bertz CT molecular complexity index is 913. The lowest BCUT2D eigenvalue weighted by Crippen LogP contribution is -2.50. The molecule has 1 fully saturated rings. The van der Waals surface area contributed by atoms with Crippen molar-refractivity contribution in [2.75, 3.05) is 44.2 Å². The molecular weight excluding hydrogens is 425 g/mol. The number of nitrogens with one attached hydrogen (secondary N) is 1. The maximum Gasteiger partial charge on any atom is 0.308 e. The highest BCUT2D eigenvalue weighted by molar-refractivity contribution is 6.30. The normalized spacial score (nSPS) is 13.6. The Balaban J connectivity index is 1.33. The Morgan fingerprint density at radius 2 is 1.61 bits per heavy atom. The molecule has 2 aromatic rings. The molecule has 0 spiro atoms. The van der Waals surface area contributed by atoms with Gasteiger partial charge in [-0.3, -0.25) is 14.4 Å². The zero-order chi connectivity index (χ0) is 22.2.